The maximum Gasteiger partial charge on any atom is 0.294 e. The lowest BCUT2D eigenvalue weighted by molar-refractivity contribution is -0.127. The highest BCUT2D eigenvalue weighted by atomic mass is 127. The second-order valence-electron chi connectivity index (χ2n) is 7.97. The number of nitrogens with one attached hydrogen (secondary N) is 1. The third-order valence-corrected chi connectivity index (χ3v) is 7.32. The molecule has 0 aromatic heterocycles. The standard InChI is InChI=1S/C27H21ClFIN2O5S/c1-2-36-22-11-16(10-21(30)25(22)37-15-17-6-3-4-9-20(17)28)12-23-26(34)32(27(35)38-23)14-24(33)31-19-8-5-7-18(29)13-19/h3-13H,2,14-15H2,1H3,(H,31,33)/b23-12+. The van der Waals surface area contributed by atoms with Crippen molar-refractivity contribution in [2.45, 2.75) is 13.5 Å². The van der Waals surface area contributed by atoms with Crippen molar-refractivity contribution in [2.24, 2.45) is 0 Å². The summed E-state index contributed by atoms with van der Waals surface area (Å²) in [6, 6.07) is 16.2. The number of thioether (sulfide) groups is 1. The smallest absolute Gasteiger partial charge is 0.294 e. The molecule has 1 saturated heterocycles. The molecule has 0 unspecified atom stereocenters. The molecule has 0 aliphatic carbocycles. The maximum absolute atomic E-state index is 13.4. The Labute approximate surface area is 241 Å². The Bertz CT molecular complexity index is 1430. The van der Waals surface area contributed by atoms with Gasteiger partial charge < -0.3 is 14.8 Å². The van der Waals surface area contributed by atoms with Gasteiger partial charge in [-0.25, -0.2) is 4.39 Å². The van der Waals surface area contributed by atoms with Crippen molar-refractivity contribution in [3.8, 4) is 11.5 Å². The van der Waals surface area contributed by atoms with Gasteiger partial charge in [-0.15, -0.1) is 0 Å². The van der Waals surface area contributed by atoms with Crippen LogP contribution in [0.4, 0.5) is 14.9 Å². The maximum atomic E-state index is 13.4. The molecular formula is C27H21ClFIN2O5S. The quantitative estimate of drug-likeness (QED) is 0.201. The van der Waals surface area contributed by atoms with Crippen LogP contribution in [-0.2, 0) is 16.2 Å². The molecule has 1 aliphatic rings. The molecule has 1 heterocycles. The van der Waals surface area contributed by atoms with Crippen LogP contribution >= 0.6 is 46.0 Å². The molecule has 3 amide bonds. The van der Waals surface area contributed by atoms with Crippen LogP contribution in [0.25, 0.3) is 6.08 Å². The van der Waals surface area contributed by atoms with Crippen LogP contribution in [0.5, 0.6) is 11.5 Å². The third-order valence-electron chi connectivity index (χ3n) is 5.24. The summed E-state index contributed by atoms with van der Waals surface area (Å²) in [7, 11) is 0. The summed E-state index contributed by atoms with van der Waals surface area (Å²) in [5.74, 6) is -0.718. The van der Waals surface area contributed by atoms with E-state index in [1.54, 1.807) is 24.3 Å². The summed E-state index contributed by atoms with van der Waals surface area (Å²) in [5, 5.41) is 2.51. The zero-order chi connectivity index (χ0) is 27.2. The van der Waals surface area contributed by atoms with Crippen molar-refractivity contribution in [1.29, 1.82) is 0 Å². The van der Waals surface area contributed by atoms with Crippen LogP contribution in [-0.4, -0.2) is 35.1 Å². The number of ether oxygens (including phenoxy) is 2. The normalized spacial score (nSPS) is 14.2. The van der Waals surface area contributed by atoms with Crippen LogP contribution < -0.4 is 14.8 Å². The molecule has 1 fully saturated rings. The van der Waals surface area contributed by atoms with Crippen molar-refractivity contribution in [3.63, 3.8) is 0 Å². The highest BCUT2D eigenvalue weighted by Gasteiger charge is 2.36. The number of imide groups is 1. The zero-order valence-corrected chi connectivity index (χ0v) is 23.7. The molecule has 1 N–H and O–H groups in total. The van der Waals surface area contributed by atoms with E-state index in [0.29, 0.717) is 28.7 Å². The van der Waals surface area contributed by atoms with Crippen molar-refractivity contribution >= 4 is 74.8 Å². The van der Waals surface area contributed by atoms with Gasteiger partial charge in [-0.2, -0.15) is 0 Å². The number of nitrogens with zero attached hydrogens (tertiary/aromatic N) is 1. The first kappa shape index (κ1) is 27.9. The van der Waals surface area contributed by atoms with Crippen molar-refractivity contribution in [3.05, 3.63) is 91.1 Å². The van der Waals surface area contributed by atoms with E-state index in [9.17, 15) is 18.8 Å². The Morgan fingerprint density at radius 2 is 1.92 bits per heavy atom. The van der Waals surface area contributed by atoms with Crippen LogP contribution in [0.1, 0.15) is 18.1 Å². The van der Waals surface area contributed by atoms with E-state index in [2.05, 4.69) is 27.9 Å². The Morgan fingerprint density at radius 3 is 2.66 bits per heavy atom. The fourth-order valence-electron chi connectivity index (χ4n) is 3.54. The van der Waals surface area contributed by atoms with Crippen LogP contribution in [0.3, 0.4) is 0 Å². The van der Waals surface area contributed by atoms with Gasteiger partial charge in [0.15, 0.2) is 11.5 Å². The van der Waals surface area contributed by atoms with Gasteiger partial charge in [0.25, 0.3) is 11.1 Å². The van der Waals surface area contributed by atoms with Gasteiger partial charge in [0, 0.05) is 16.3 Å². The molecule has 7 nitrogen and oxygen atoms in total. The summed E-state index contributed by atoms with van der Waals surface area (Å²) >= 11 is 9.09. The van der Waals surface area contributed by atoms with E-state index in [-0.39, 0.29) is 17.2 Å². The fraction of sp³-hybridized carbons (Fsp3) is 0.148. The second-order valence-corrected chi connectivity index (χ2v) is 10.5. The lowest BCUT2D eigenvalue weighted by Crippen LogP contribution is -2.36. The summed E-state index contributed by atoms with van der Waals surface area (Å²) in [6.45, 7) is 1.98. The van der Waals surface area contributed by atoms with Gasteiger partial charge in [-0.05, 0) is 89.3 Å². The summed E-state index contributed by atoms with van der Waals surface area (Å²) in [4.78, 5) is 38.8. The lowest BCUT2D eigenvalue weighted by Gasteiger charge is -2.15. The fourth-order valence-corrected chi connectivity index (χ4v) is 5.35. The Morgan fingerprint density at radius 1 is 1.13 bits per heavy atom. The topological polar surface area (TPSA) is 84.9 Å². The number of carbonyl (C=O) groups is 3. The van der Waals surface area contributed by atoms with Gasteiger partial charge in [-0.1, -0.05) is 35.9 Å². The minimum Gasteiger partial charge on any atom is -0.490 e. The monoisotopic (exact) mass is 666 g/mol. The highest BCUT2D eigenvalue weighted by molar-refractivity contribution is 14.1. The average molecular weight is 667 g/mol. The van der Waals surface area contributed by atoms with E-state index in [0.717, 1.165) is 31.9 Å². The van der Waals surface area contributed by atoms with E-state index in [1.165, 1.54) is 18.2 Å². The molecule has 0 atom stereocenters. The molecule has 11 heteroatoms. The number of amides is 3. The molecule has 196 valence electrons. The van der Waals surface area contributed by atoms with Crippen LogP contribution in [0.2, 0.25) is 5.02 Å². The number of benzene rings is 3. The van der Waals surface area contributed by atoms with Gasteiger partial charge in [-0.3, -0.25) is 19.3 Å². The zero-order valence-electron chi connectivity index (χ0n) is 20.0. The minimum absolute atomic E-state index is 0.163. The number of carbonyl (C=O) groups excluding carboxylic acids is 3. The number of rotatable bonds is 9. The van der Waals surface area contributed by atoms with Crippen LogP contribution in [0.15, 0.2) is 65.6 Å². The largest absolute Gasteiger partial charge is 0.490 e. The molecule has 3 aromatic rings. The van der Waals surface area contributed by atoms with Crippen molar-refractivity contribution in [1.82, 2.24) is 4.90 Å². The number of anilines is 1. The van der Waals surface area contributed by atoms with Gasteiger partial charge in [0.1, 0.15) is 19.0 Å². The van der Waals surface area contributed by atoms with Crippen molar-refractivity contribution < 1.29 is 28.2 Å². The first-order valence-corrected chi connectivity index (χ1v) is 13.7. The molecule has 1 aliphatic heterocycles. The lowest BCUT2D eigenvalue weighted by atomic mass is 10.1. The first-order valence-electron chi connectivity index (χ1n) is 11.4. The molecule has 4 rings (SSSR count). The molecule has 38 heavy (non-hydrogen) atoms. The molecule has 0 spiro atoms. The summed E-state index contributed by atoms with van der Waals surface area (Å²) < 4.78 is 25.9. The SMILES string of the molecule is CCOc1cc(/C=C2/SC(=O)N(CC(=O)Nc3cccc(F)c3)C2=O)cc(I)c1OCc1ccccc1Cl. The Balaban J connectivity index is 1.50. The predicted octanol–water partition coefficient (Wildman–Crippen LogP) is 6.74. The average Bonchev–Trinajstić information content (AvgIpc) is 3.12. The molecular weight excluding hydrogens is 646 g/mol. The Kier molecular flexibility index (Phi) is 9.29. The van der Waals surface area contributed by atoms with E-state index in [4.69, 9.17) is 21.1 Å². The predicted molar refractivity (Wildman–Crippen MR) is 154 cm³/mol. The summed E-state index contributed by atoms with van der Waals surface area (Å²) in [5.41, 5.74) is 1.68. The molecule has 0 bridgehead atoms. The molecule has 0 radical (unpaired) electrons. The minimum atomic E-state index is -0.618. The Hall–Kier alpha value is -3.09. The highest BCUT2D eigenvalue weighted by Crippen LogP contribution is 2.38. The van der Waals surface area contributed by atoms with Crippen LogP contribution in [0, 0.1) is 9.39 Å². The molecule has 0 saturated carbocycles. The molecule has 3 aromatic carbocycles. The van der Waals surface area contributed by atoms with Crippen molar-refractivity contribution in [2.75, 3.05) is 18.5 Å². The third kappa shape index (κ3) is 6.86. The van der Waals surface area contributed by atoms with Gasteiger partial charge >= 0.3 is 0 Å². The van der Waals surface area contributed by atoms with E-state index in [1.807, 2.05) is 25.1 Å². The number of halogens is 3. The van der Waals surface area contributed by atoms with E-state index >= 15 is 0 Å². The number of hydrogen-bond acceptors (Lipinski definition) is 6. The van der Waals surface area contributed by atoms with Gasteiger partial charge in [0.2, 0.25) is 5.91 Å². The van der Waals surface area contributed by atoms with E-state index < -0.39 is 29.4 Å². The number of hydrogen-bond donors (Lipinski definition) is 1. The first-order chi connectivity index (χ1) is 18.2. The van der Waals surface area contributed by atoms with Gasteiger partial charge in [0.05, 0.1) is 15.1 Å². The summed E-state index contributed by atoms with van der Waals surface area (Å²) in [6.07, 6.45) is 1.57. The second kappa shape index (κ2) is 12.6.